The van der Waals surface area contributed by atoms with E-state index in [1.165, 1.54) is 12.3 Å². The minimum Gasteiger partial charge on any atom is -0.322 e. The zero-order chi connectivity index (χ0) is 15.5. The number of amides is 1. The highest BCUT2D eigenvalue weighted by atomic mass is 19.1. The van der Waals surface area contributed by atoms with Gasteiger partial charge in [0, 0.05) is 30.5 Å². The summed E-state index contributed by atoms with van der Waals surface area (Å²) in [5, 5.41) is 2.64. The van der Waals surface area contributed by atoms with E-state index in [-0.39, 0.29) is 5.91 Å². The van der Waals surface area contributed by atoms with Crippen LogP contribution in [-0.2, 0) is 0 Å². The van der Waals surface area contributed by atoms with Gasteiger partial charge in [0.05, 0.1) is 11.3 Å². The number of aromatic nitrogens is 3. The molecular formula is C16H13FN4O. The van der Waals surface area contributed by atoms with E-state index in [1.807, 2.05) is 0 Å². The molecule has 0 aliphatic carbocycles. The number of halogens is 1. The van der Waals surface area contributed by atoms with Crippen LogP contribution in [0.15, 0.2) is 55.1 Å². The lowest BCUT2D eigenvalue weighted by Crippen LogP contribution is -2.12. The highest BCUT2D eigenvalue weighted by Crippen LogP contribution is 2.19. The lowest BCUT2D eigenvalue weighted by molar-refractivity contribution is 0.102. The first-order valence-corrected chi connectivity index (χ1v) is 6.66. The molecular weight excluding hydrogens is 283 g/mol. The topological polar surface area (TPSA) is 59.8 Å². The Hall–Kier alpha value is -3.02. The summed E-state index contributed by atoms with van der Waals surface area (Å²) in [5.41, 5.74) is 1.18. The van der Waals surface area contributed by atoms with Crippen LogP contribution < -0.4 is 5.32 Å². The zero-order valence-electron chi connectivity index (χ0n) is 11.8. The first-order chi connectivity index (χ1) is 10.6. The van der Waals surface area contributed by atoms with E-state index in [4.69, 9.17) is 0 Å². The van der Waals surface area contributed by atoms with Crippen molar-refractivity contribution in [1.29, 1.82) is 0 Å². The third kappa shape index (κ3) is 2.71. The second-order valence-corrected chi connectivity index (χ2v) is 4.71. The summed E-state index contributed by atoms with van der Waals surface area (Å²) in [6.45, 7) is 1.79. The number of pyridine rings is 1. The fraction of sp³-hybridized carbons (Fsp3) is 0.0625. The zero-order valence-corrected chi connectivity index (χ0v) is 11.8. The molecule has 3 rings (SSSR count). The molecule has 6 heteroatoms. The summed E-state index contributed by atoms with van der Waals surface area (Å²) in [6.07, 6.45) is 6.32. The predicted octanol–water partition coefficient (Wildman–Crippen LogP) is 2.97. The van der Waals surface area contributed by atoms with E-state index in [1.54, 1.807) is 54.3 Å². The lowest BCUT2D eigenvalue weighted by Gasteiger charge is -2.09. The number of nitrogens with zero attached hydrogens (tertiary/aromatic N) is 3. The molecule has 0 aliphatic heterocycles. The van der Waals surface area contributed by atoms with Crippen LogP contribution in [-0.4, -0.2) is 20.4 Å². The molecule has 5 nitrogen and oxygen atoms in total. The quantitative estimate of drug-likeness (QED) is 0.808. The third-order valence-electron chi connectivity index (χ3n) is 3.21. The summed E-state index contributed by atoms with van der Waals surface area (Å²) in [6, 6.07) is 7.83. The van der Waals surface area contributed by atoms with Gasteiger partial charge in [-0.3, -0.25) is 9.78 Å². The van der Waals surface area contributed by atoms with Crippen LogP contribution in [0.2, 0.25) is 0 Å². The Morgan fingerprint density at radius 1 is 1.27 bits per heavy atom. The fourth-order valence-electron chi connectivity index (χ4n) is 2.11. The molecule has 0 atom stereocenters. The first-order valence-electron chi connectivity index (χ1n) is 6.66. The molecule has 0 saturated carbocycles. The Kier molecular flexibility index (Phi) is 3.65. The Bertz CT molecular complexity index is 814. The van der Waals surface area contributed by atoms with Crippen LogP contribution in [0, 0.1) is 12.7 Å². The number of anilines is 1. The number of carbonyl (C=O) groups is 1. The molecule has 110 valence electrons. The second kappa shape index (κ2) is 5.77. The molecule has 0 fully saturated rings. The summed E-state index contributed by atoms with van der Waals surface area (Å²) in [4.78, 5) is 19.9. The summed E-state index contributed by atoms with van der Waals surface area (Å²) >= 11 is 0. The average Bonchev–Trinajstić information content (AvgIpc) is 2.94. The Labute approximate surface area is 126 Å². The number of nitrogens with one attached hydrogen (secondary N) is 1. The van der Waals surface area contributed by atoms with Gasteiger partial charge in [-0.05, 0) is 37.3 Å². The number of aryl methyl sites for hydroxylation is 1. The molecule has 1 aromatic carbocycles. The van der Waals surface area contributed by atoms with Crippen LogP contribution in [0.3, 0.4) is 0 Å². The molecule has 3 aromatic rings. The summed E-state index contributed by atoms with van der Waals surface area (Å²) in [5.74, 6) is -0.0878. The molecule has 1 amide bonds. The maximum atomic E-state index is 14.2. The average molecular weight is 296 g/mol. The smallest absolute Gasteiger partial charge is 0.257 e. The molecule has 22 heavy (non-hydrogen) atoms. The highest BCUT2D eigenvalue weighted by molar-refractivity contribution is 6.04. The lowest BCUT2D eigenvalue weighted by atomic mass is 10.2. The molecule has 0 bridgehead atoms. The summed E-state index contributed by atoms with van der Waals surface area (Å²) in [7, 11) is 0. The first kappa shape index (κ1) is 13.9. The van der Waals surface area contributed by atoms with Crippen molar-refractivity contribution in [2.75, 3.05) is 5.32 Å². The van der Waals surface area contributed by atoms with Crippen LogP contribution in [0.4, 0.5) is 10.1 Å². The number of imidazole rings is 1. The molecule has 0 unspecified atom stereocenters. The number of hydrogen-bond donors (Lipinski definition) is 1. The molecule has 0 aliphatic rings. The second-order valence-electron chi connectivity index (χ2n) is 4.71. The maximum absolute atomic E-state index is 14.2. The van der Waals surface area contributed by atoms with Gasteiger partial charge in [0.15, 0.2) is 0 Å². The van der Waals surface area contributed by atoms with Crippen LogP contribution >= 0.6 is 0 Å². The van der Waals surface area contributed by atoms with E-state index < -0.39 is 5.82 Å². The van der Waals surface area contributed by atoms with Crippen LogP contribution in [0.25, 0.3) is 5.69 Å². The van der Waals surface area contributed by atoms with Crippen molar-refractivity contribution < 1.29 is 9.18 Å². The van der Waals surface area contributed by atoms with Gasteiger partial charge in [-0.25, -0.2) is 9.37 Å². The van der Waals surface area contributed by atoms with Gasteiger partial charge in [-0.1, -0.05) is 0 Å². The van der Waals surface area contributed by atoms with Gasteiger partial charge in [0.2, 0.25) is 0 Å². The molecule has 2 aromatic heterocycles. The van der Waals surface area contributed by atoms with E-state index >= 15 is 0 Å². The minimum atomic E-state index is -0.440. The molecule has 0 radical (unpaired) electrons. The SMILES string of the molecule is Cc1nccn1-c1ccc(NC(=O)c2cccnc2)cc1F. The number of rotatable bonds is 3. The standard InChI is InChI=1S/C16H13FN4O/c1-11-19-7-8-21(11)15-5-4-13(9-14(15)17)20-16(22)12-3-2-6-18-10-12/h2-10H,1H3,(H,20,22). The highest BCUT2D eigenvalue weighted by Gasteiger charge is 2.10. The van der Waals surface area contributed by atoms with Crippen LogP contribution in [0.5, 0.6) is 0 Å². The van der Waals surface area contributed by atoms with Crippen LogP contribution in [0.1, 0.15) is 16.2 Å². The van der Waals surface area contributed by atoms with Gasteiger partial charge < -0.3 is 9.88 Å². The van der Waals surface area contributed by atoms with Crippen molar-refractivity contribution in [1.82, 2.24) is 14.5 Å². The van der Waals surface area contributed by atoms with Gasteiger partial charge in [-0.2, -0.15) is 0 Å². The third-order valence-corrected chi connectivity index (χ3v) is 3.21. The number of hydrogen-bond acceptors (Lipinski definition) is 3. The van der Waals surface area contributed by atoms with E-state index in [0.29, 0.717) is 22.8 Å². The summed E-state index contributed by atoms with van der Waals surface area (Å²) < 4.78 is 15.9. The number of carbonyl (C=O) groups excluding carboxylic acids is 1. The van der Waals surface area contributed by atoms with Crippen molar-refractivity contribution in [3.8, 4) is 5.69 Å². The van der Waals surface area contributed by atoms with Crippen molar-refractivity contribution >= 4 is 11.6 Å². The van der Waals surface area contributed by atoms with Gasteiger partial charge in [0.1, 0.15) is 11.6 Å². The van der Waals surface area contributed by atoms with Crippen molar-refractivity contribution in [2.24, 2.45) is 0 Å². The van der Waals surface area contributed by atoms with Gasteiger partial charge in [-0.15, -0.1) is 0 Å². The van der Waals surface area contributed by atoms with Gasteiger partial charge >= 0.3 is 0 Å². The van der Waals surface area contributed by atoms with E-state index in [9.17, 15) is 9.18 Å². The fourth-order valence-corrected chi connectivity index (χ4v) is 2.11. The van der Waals surface area contributed by atoms with Crippen molar-refractivity contribution in [2.45, 2.75) is 6.92 Å². The largest absolute Gasteiger partial charge is 0.322 e. The van der Waals surface area contributed by atoms with Gasteiger partial charge in [0.25, 0.3) is 5.91 Å². The molecule has 0 spiro atoms. The molecule has 2 heterocycles. The molecule has 0 saturated heterocycles. The van der Waals surface area contributed by atoms with Crippen molar-refractivity contribution in [3.05, 3.63) is 72.3 Å². The van der Waals surface area contributed by atoms with E-state index in [2.05, 4.69) is 15.3 Å². The predicted molar refractivity (Wildman–Crippen MR) is 80.4 cm³/mol. The Morgan fingerprint density at radius 2 is 2.14 bits per heavy atom. The Morgan fingerprint density at radius 3 is 2.77 bits per heavy atom. The maximum Gasteiger partial charge on any atom is 0.257 e. The van der Waals surface area contributed by atoms with Crippen molar-refractivity contribution in [3.63, 3.8) is 0 Å². The number of benzene rings is 1. The van der Waals surface area contributed by atoms with E-state index in [0.717, 1.165) is 0 Å². The normalized spacial score (nSPS) is 10.5. The molecule has 1 N–H and O–H groups in total. The minimum absolute atomic E-state index is 0.334. The monoisotopic (exact) mass is 296 g/mol. The Balaban J connectivity index is 1.84.